The Bertz CT molecular complexity index is 2680. The normalized spacial score (nSPS) is 20.3. The fourth-order valence-electron chi connectivity index (χ4n) is 8.45. The molecule has 2 saturated heterocycles. The van der Waals surface area contributed by atoms with Gasteiger partial charge in [-0.05, 0) is 75.2 Å². The molecule has 4 aromatic rings. The molecular weight excluding hydrogens is 913 g/mol. The van der Waals surface area contributed by atoms with Crippen molar-refractivity contribution in [1.82, 2.24) is 24.7 Å². The van der Waals surface area contributed by atoms with Gasteiger partial charge >= 0.3 is 5.51 Å². The Kier molecular flexibility index (Phi) is 14.1. The van der Waals surface area contributed by atoms with E-state index in [1.807, 2.05) is 44.2 Å². The summed E-state index contributed by atoms with van der Waals surface area (Å²) < 4.78 is 113. The SMILES string of the molecule is CC1CN(Cc2ccc3c(c2F)CN(C2CCC(=O)NC2=O)C3=O)CC(C)N1CC[C@H](CSc1ccccc1)Nc1ccc(S(=O)(=O)NC(=O)c2ccccc2)cc1S(=O)(=O)C(F)(F)F. The Labute approximate surface area is 378 Å². The average molecular weight is 959 g/mol. The van der Waals surface area contributed by atoms with Gasteiger partial charge in [0.05, 0.1) is 17.1 Å². The molecule has 3 N–H and O–H groups in total. The Balaban J connectivity index is 1.07. The number of anilines is 1. The Morgan fingerprint density at radius 3 is 2.22 bits per heavy atom. The summed E-state index contributed by atoms with van der Waals surface area (Å²) in [5.74, 6) is -2.81. The quantitative estimate of drug-likeness (QED) is 0.0769. The first-order chi connectivity index (χ1) is 30.7. The number of hydrogen-bond acceptors (Lipinski definition) is 12. The number of fused-ring (bicyclic) bond motifs is 1. The molecule has 0 aromatic heterocycles. The third-order valence-electron chi connectivity index (χ3n) is 11.7. The molecule has 65 heavy (non-hydrogen) atoms. The van der Waals surface area contributed by atoms with Crippen LogP contribution in [0, 0.1) is 5.82 Å². The zero-order valence-electron chi connectivity index (χ0n) is 35.2. The molecule has 4 atom stereocenters. The summed E-state index contributed by atoms with van der Waals surface area (Å²) in [4.78, 5) is 54.3. The van der Waals surface area contributed by atoms with Crippen LogP contribution >= 0.6 is 11.8 Å². The van der Waals surface area contributed by atoms with Gasteiger partial charge in [-0.25, -0.2) is 25.9 Å². The molecule has 0 aliphatic carbocycles. The van der Waals surface area contributed by atoms with Gasteiger partial charge in [0, 0.05) is 83.6 Å². The number of nitrogens with zero attached hydrogens (tertiary/aromatic N) is 3. The molecule has 0 saturated carbocycles. The Morgan fingerprint density at radius 2 is 1.57 bits per heavy atom. The van der Waals surface area contributed by atoms with Gasteiger partial charge in [0.1, 0.15) is 16.8 Å². The third-order valence-corrected chi connectivity index (χ3v) is 15.7. The number of rotatable bonds is 15. The van der Waals surface area contributed by atoms with Crippen LogP contribution in [0.3, 0.4) is 0 Å². The van der Waals surface area contributed by atoms with Crippen LogP contribution < -0.4 is 15.4 Å². The minimum absolute atomic E-state index is 0.0467. The van der Waals surface area contributed by atoms with Gasteiger partial charge in [-0.15, -0.1) is 11.8 Å². The molecule has 0 spiro atoms. The van der Waals surface area contributed by atoms with E-state index in [0.717, 1.165) is 17.0 Å². The topological polar surface area (TPSA) is 182 Å². The molecule has 3 aliphatic heterocycles. The maximum atomic E-state index is 16.1. The Morgan fingerprint density at radius 1 is 0.908 bits per heavy atom. The van der Waals surface area contributed by atoms with Gasteiger partial charge in [0.25, 0.3) is 31.7 Å². The van der Waals surface area contributed by atoms with Gasteiger partial charge < -0.3 is 10.2 Å². The van der Waals surface area contributed by atoms with Gasteiger partial charge in [-0.2, -0.15) is 13.2 Å². The van der Waals surface area contributed by atoms with Crippen LogP contribution in [0.5, 0.6) is 0 Å². The molecule has 0 radical (unpaired) electrons. The fraction of sp³-hybridized carbons (Fsp3) is 0.364. The summed E-state index contributed by atoms with van der Waals surface area (Å²) in [6.07, 6.45) is 0.537. The predicted molar refractivity (Wildman–Crippen MR) is 233 cm³/mol. The highest BCUT2D eigenvalue weighted by Gasteiger charge is 2.49. The van der Waals surface area contributed by atoms with Crippen LogP contribution in [-0.4, -0.2) is 110 Å². The van der Waals surface area contributed by atoms with E-state index in [4.69, 9.17) is 0 Å². The van der Waals surface area contributed by atoms with E-state index in [9.17, 15) is 49.2 Å². The molecule has 0 bridgehead atoms. The van der Waals surface area contributed by atoms with Crippen molar-refractivity contribution in [2.45, 2.75) is 90.6 Å². The van der Waals surface area contributed by atoms with Crippen LogP contribution in [0.4, 0.5) is 23.2 Å². The number of benzene rings is 4. The number of amides is 4. The average Bonchev–Trinajstić information content (AvgIpc) is 3.59. The number of piperidine rings is 1. The molecule has 4 amide bonds. The number of nitrogens with one attached hydrogen (secondary N) is 3. The first-order valence-electron chi connectivity index (χ1n) is 20.7. The zero-order valence-corrected chi connectivity index (χ0v) is 37.6. The summed E-state index contributed by atoms with van der Waals surface area (Å²) >= 11 is 1.39. The number of alkyl halides is 3. The maximum absolute atomic E-state index is 16.1. The van der Waals surface area contributed by atoms with E-state index in [1.54, 1.807) is 22.9 Å². The second kappa shape index (κ2) is 19.2. The number of thioether (sulfide) groups is 1. The molecular formula is C44H46F4N6O8S3. The highest BCUT2D eigenvalue weighted by Crippen LogP contribution is 2.37. The van der Waals surface area contributed by atoms with Crippen LogP contribution in [-0.2, 0) is 42.5 Å². The van der Waals surface area contributed by atoms with Crippen molar-refractivity contribution in [1.29, 1.82) is 0 Å². The number of carbonyl (C=O) groups is 4. The summed E-state index contributed by atoms with van der Waals surface area (Å²) in [6.45, 7) is 5.52. The number of imide groups is 1. The van der Waals surface area contributed by atoms with E-state index in [0.29, 0.717) is 37.7 Å². The van der Waals surface area contributed by atoms with Crippen LogP contribution in [0.2, 0.25) is 0 Å². The molecule has 3 heterocycles. The van der Waals surface area contributed by atoms with E-state index in [-0.39, 0.29) is 60.5 Å². The first kappa shape index (κ1) is 47.6. The summed E-state index contributed by atoms with van der Waals surface area (Å²) in [6, 6.07) is 20.1. The molecule has 7 rings (SSSR count). The second-order valence-corrected chi connectivity index (χ2v) is 20.9. The van der Waals surface area contributed by atoms with E-state index < -0.39 is 82.4 Å². The van der Waals surface area contributed by atoms with Gasteiger partial charge in [-0.3, -0.25) is 34.3 Å². The second-order valence-electron chi connectivity index (χ2n) is 16.3. The van der Waals surface area contributed by atoms with Gasteiger partial charge in [0.2, 0.25) is 11.8 Å². The molecule has 346 valence electrons. The lowest BCUT2D eigenvalue weighted by molar-refractivity contribution is -0.136. The van der Waals surface area contributed by atoms with Gasteiger partial charge in [0.15, 0.2) is 0 Å². The van der Waals surface area contributed by atoms with Crippen molar-refractivity contribution >= 4 is 60.9 Å². The number of piperazine rings is 1. The van der Waals surface area contributed by atoms with Crippen LogP contribution in [0.25, 0.3) is 0 Å². The highest BCUT2D eigenvalue weighted by molar-refractivity contribution is 7.99. The zero-order chi connectivity index (χ0) is 46.8. The van der Waals surface area contributed by atoms with Crippen molar-refractivity contribution < 1.29 is 53.6 Å². The number of sulfone groups is 1. The smallest absolute Gasteiger partial charge is 0.380 e. The molecule has 21 heteroatoms. The molecule has 14 nitrogen and oxygen atoms in total. The standard InChI is InChI=1S/C44H46F4N6O8S3/c1-27-22-52(24-30-13-15-34-35(40(30)45)25-54(43(34)58)37-17-18-39(55)50-42(37)57)23-28(2)53(27)20-19-31(26-63-32-11-7-4-8-12-32)49-36-16-14-33(21-38(36)64(59,60)44(46,47)48)65(61,62)51-41(56)29-9-5-3-6-10-29/h3-16,21,27-28,31,37,49H,17-20,22-26H2,1-2H3,(H,51,56)(H,50,55,57)/t27?,28?,31-,37?/m1/s1. The fourth-order valence-corrected chi connectivity index (χ4v) is 11.5. The molecule has 3 aliphatic rings. The molecule has 2 fully saturated rings. The summed E-state index contributed by atoms with van der Waals surface area (Å²) in [5, 5.41) is 5.23. The summed E-state index contributed by atoms with van der Waals surface area (Å²) in [5.41, 5.74) is -5.57. The third kappa shape index (κ3) is 10.5. The van der Waals surface area contributed by atoms with E-state index in [2.05, 4.69) is 20.4 Å². The van der Waals surface area contributed by atoms with E-state index >= 15 is 4.39 Å². The Hall–Kier alpha value is -5.35. The lowest BCUT2D eigenvalue weighted by atomic mass is 10.0. The number of hydrogen-bond donors (Lipinski definition) is 3. The number of halogens is 4. The summed E-state index contributed by atoms with van der Waals surface area (Å²) in [7, 11) is -11.0. The minimum Gasteiger partial charge on any atom is -0.380 e. The van der Waals surface area contributed by atoms with Crippen molar-refractivity contribution in [3.8, 4) is 0 Å². The molecule has 3 unspecified atom stereocenters. The number of sulfonamides is 1. The van der Waals surface area contributed by atoms with Crippen molar-refractivity contribution in [2.24, 2.45) is 0 Å². The van der Waals surface area contributed by atoms with E-state index in [1.165, 1.54) is 40.9 Å². The first-order valence-corrected chi connectivity index (χ1v) is 24.6. The lowest BCUT2D eigenvalue weighted by Crippen LogP contribution is -2.56. The maximum Gasteiger partial charge on any atom is 0.501 e. The largest absolute Gasteiger partial charge is 0.501 e. The van der Waals surface area contributed by atoms with Crippen molar-refractivity contribution in [3.63, 3.8) is 0 Å². The van der Waals surface area contributed by atoms with Crippen molar-refractivity contribution in [2.75, 3.05) is 30.7 Å². The predicted octanol–water partition coefficient (Wildman–Crippen LogP) is 5.56. The minimum atomic E-state index is -6.12. The lowest BCUT2D eigenvalue weighted by Gasteiger charge is -2.45. The monoisotopic (exact) mass is 958 g/mol. The number of carbonyl (C=O) groups excluding carboxylic acids is 4. The highest BCUT2D eigenvalue weighted by atomic mass is 32.2. The van der Waals surface area contributed by atoms with Gasteiger partial charge in [-0.1, -0.05) is 42.5 Å². The van der Waals surface area contributed by atoms with Crippen LogP contribution in [0.1, 0.15) is 65.0 Å². The van der Waals surface area contributed by atoms with Crippen LogP contribution in [0.15, 0.2) is 106 Å². The molecule has 4 aromatic carbocycles. The van der Waals surface area contributed by atoms with Crippen molar-refractivity contribution in [3.05, 3.63) is 119 Å².